The smallest absolute Gasteiger partial charge is 0.0547 e. The molecule has 0 aliphatic carbocycles. The van der Waals surface area contributed by atoms with Gasteiger partial charge in [0.2, 0.25) is 0 Å². The Hall–Kier alpha value is -5.60. The Balaban J connectivity index is 0.00000142. The van der Waals surface area contributed by atoms with Crippen molar-refractivity contribution in [3.8, 4) is 22.5 Å². The van der Waals surface area contributed by atoms with Gasteiger partial charge in [-0.1, -0.05) is 111 Å². The van der Waals surface area contributed by atoms with Crippen molar-refractivity contribution >= 4 is 54.4 Å². The van der Waals surface area contributed by atoms with Gasteiger partial charge in [-0.2, -0.15) is 0 Å². The summed E-state index contributed by atoms with van der Waals surface area (Å²) in [6.45, 7) is 4.00. The van der Waals surface area contributed by atoms with Crippen molar-refractivity contribution in [1.82, 2.24) is 9.13 Å². The lowest BCUT2D eigenvalue weighted by Crippen LogP contribution is -1.94. The lowest BCUT2D eigenvalue weighted by Gasteiger charge is -2.11. The van der Waals surface area contributed by atoms with E-state index in [1.165, 1.54) is 76.9 Å². The molecule has 2 heteroatoms. The van der Waals surface area contributed by atoms with Crippen LogP contribution >= 0.6 is 0 Å². The average Bonchev–Trinajstić information content (AvgIpc) is 3.60. The van der Waals surface area contributed by atoms with Gasteiger partial charge in [-0.3, -0.25) is 0 Å². The molecule has 0 aliphatic rings. The average molecular weight is 565 g/mol. The number of benzene rings is 7. The Labute approximate surface area is 257 Å². The summed E-state index contributed by atoms with van der Waals surface area (Å²) >= 11 is 0. The number of nitrogens with zero attached hydrogens (tertiary/aromatic N) is 2. The first-order chi connectivity index (χ1) is 21.8. The summed E-state index contributed by atoms with van der Waals surface area (Å²) in [7, 11) is 0. The van der Waals surface area contributed by atoms with Crippen LogP contribution in [0.25, 0.3) is 76.9 Å². The van der Waals surface area contributed by atoms with E-state index in [0.717, 1.165) is 0 Å². The maximum atomic E-state index is 2.41. The number of hydrogen-bond donors (Lipinski definition) is 0. The van der Waals surface area contributed by atoms with Gasteiger partial charge in [-0.05, 0) is 82.6 Å². The van der Waals surface area contributed by atoms with E-state index in [-0.39, 0.29) is 0 Å². The fraction of sp³-hybridized carbons (Fsp3) is 0.0476. The highest BCUT2D eigenvalue weighted by Gasteiger charge is 2.16. The molecule has 2 nitrogen and oxygen atoms in total. The van der Waals surface area contributed by atoms with E-state index < -0.39 is 0 Å². The fourth-order valence-corrected chi connectivity index (χ4v) is 6.75. The second-order valence-electron chi connectivity index (χ2n) is 11.0. The molecule has 0 radical (unpaired) electrons. The normalized spacial score (nSPS) is 11.4. The Morgan fingerprint density at radius 3 is 1.25 bits per heavy atom. The van der Waals surface area contributed by atoms with E-state index >= 15 is 0 Å². The van der Waals surface area contributed by atoms with Crippen LogP contribution in [0.1, 0.15) is 13.8 Å². The number of rotatable bonds is 3. The summed E-state index contributed by atoms with van der Waals surface area (Å²) in [6, 6.07) is 57.2. The molecule has 0 N–H and O–H groups in total. The van der Waals surface area contributed by atoms with Crippen LogP contribution in [0, 0.1) is 0 Å². The van der Waals surface area contributed by atoms with Crippen molar-refractivity contribution in [3.63, 3.8) is 0 Å². The predicted molar refractivity (Wildman–Crippen MR) is 189 cm³/mol. The summed E-state index contributed by atoms with van der Waals surface area (Å²) in [5.74, 6) is 0. The van der Waals surface area contributed by atoms with Crippen molar-refractivity contribution in [1.29, 1.82) is 0 Å². The molecule has 2 heterocycles. The molecule has 210 valence electrons. The van der Waals surface area contributed by atoms with Crippen LogP contribution in [-0.4, -0.2) is 9.13 Å². The Kier molecular flexibility index (Phi) is 6.27. The molecule has 0 fully saturated rings. The minimum Gasteiger partial charge on any atom is -0.309 e. The lowest BCUT2D eigenvalue weighted by atomic mass is 10.0. The molecular weight excluding hydrogens is 532 g/mol. The third kappa shape index (κ3) is 4.03. The van der Waals surface area contributed by atoms with E-state index in [0.29, 0.717) is 0 Å². The highest BCUT2D eigenvalue weighted by Crippen LogP contribution is 2.39. The standard InChI is InChI=1S/C40H26N2.C2H6/c1-3-11-27(12-4-1)28-19-21-32(22-20-28)42-38-18-10-8-16-34(38)36-24-29-25-39-35(23-30(29)26-40(36)42)33-15-7-9-17-37(33)41(39)31-13-5-2-6-14-31;1-2/h1-26H;1-2H3. The number of fused-ring (bicyclic) bond motifs is 7. The minimum absolute atomic E-state index is 1.17. The SMILES string of the molecule is CC.c1ccc(-c2ccc(-n3c4ccccc4c4cc5cc6c(cc5cc43)c3ccccc3n6-c3ccccc3)cc2)cc1. The molecule has 0 unspecified atom stereocenters. The van der Waals surface area contributed by atoms with Crippen LogP contribution in [0.2, 0.25) is 0 Å². The zero-order valence-electron chi connectivity index (χ0n) is 24.9. The van der Waals surface area contributed by atoms with E-state index in [9.17, 15) is 0 Å². The fourth-order valence-electron chi connectivity index (χ4n) is 6.75. The molecule has 9 rings (SSSR count). The zero-order valence-corrected chi connectivity index (χ0v) is 24.9. The van der Waals surface area contributed by atoms with Crippen molar-refractivity contribution < 1.29 is 0 Å². The van der Waals surface area contributed by atoms with E-state index in [4.69, 9.17) is 0 Å². The zero-order chi connectivity index (χ0) is 29.6. The van der Waals surface area contributed by atoms with E-state index in [1.54, 1.807) is 0 Å². The molecule has 0 spiro atoms. The topological polar surface area (TPSA) is 9.86 Å². The first-order valence-electron chi connectivity index (χ1n) is 15.4. The van der Waals surface area contributed by atoms with Gasteiger partial charge in [-0.25, -0.2) is 0 Å². The molecule has 0 saturated heterocycles. The second kappa shape index (κ2) is 10.6. The number of para-hydroxylation sites is 3. The van der Waals surface area contributed by atoms with Crippen molar-refractivity contribution in [2.45, 2.75) is 13.8 Å². The van der Waals surface area contributed by atoms with Crippen LogP contribution < -0.4 is 0 Å². The second-order valence-corrected chi connectivity index (χ2v) is 11.0. The molecule has 0 bridgehead atoms. The Morgan fingerprint density at radius 1 is 0.318 bits per heavy atom. The molecule has 0 saturated carbocycles. The van der Waals surface area contributed by atoms with Gasteiger partial charge >= 0.3 is 0 Å². The van der Waals surface area contributed by atoms with Gasteiger partial charge in [0, 0.05) is 32.9 Å². The van der Waals surface area contributed by atoms with E-state index in [1.807, 2.05) is 13.8 Å². The van der Waals surface area contributed by atoms with Gasteiger partial charge in [-0.15, -0.1) is 0 Å². The molecule has 2 aromatic heterocycles. The van der Waals surface area contributed by atoms with Crippen LogP contribution in [0.5, 0.6) is 0 Å². The molecule has 0 amide bonds. The van der Waals surface area contributed by atoms with Gasteiger partial charge in [0.25, 0.3) is 0 Å². The predicted octanol–water partition coefficient (Wildman–Crippen LogP) is 11.7. The summed E-state index contributed by atoms with van der Waals surface area (Å²) in [5.41, 5.74) is 9.71. The summed E-state index contributed by atoms with van der Waals surface area (Å²) in [5, 5.41) is 7.58. The van der Waals surface area contributed by atoms with Crippen LogP contribution in [0.4, 0.5) is 0 Å². The first kappa shape index (κ1) is 26.1. The van der Waals surface area contributed by atoms with Gasteiger partial charge in [0.1, 0.15) is 0 Å². The van der Waals surface area contributed by atoms with Crippen LogP contribution in [-0.2, 0) is 0 Å². The Morgan fingerprint density at radius 2 is 0.727 bits per heavy atom. The van der Waals surface area contributed by atoms with Crippen LogP contribution in [0.3, 0.4) is 0 Å². The number of hydrogen-bond acceptors (Lipinski definition) is 0. The molecule has 9 aromatic rings. The quantitative estimate of drug-likeness (QED) is 0.202. The van der Waals surface area contributed by atoms with Gasteiger partial charge in [0.15, 0.2) is 0 Å². The third-order valence-corrected chi connectivity index (χ3v) is 8.67. The maximum Gasteiger partial charge on any atom is 0.0547 e. The number of aromatic nitrogens is 2. The maximum absolute atomic E-state index is 2.41. The largest absolute Gasteiger partial charge is 0.309 e. The molecule has 0 aliphatic heterocycles. The summed E-state index contributed by atoms with van der Waals surface area (Å²) < 4.78 is 4.81. The summed E-state index contributed by atoms with van der Waals surface area (Å²) in [6.07, 6.45) is 0. The van der Waals surface area contributed by atoms with E-state index in [2.05, 4.69) is 167 Å². The molecular formula is C42H32N2. The monoisotopic (exact) mass is 564 g/mol. The van der Waals surface area contributed by atoms with Crippen molar-refractivity contribution in [2.75, 3.05) is 0 Å². The third-order valence-electron chi connectivity index (χ3n) is 8.67. The van der Waals surface area contributed by atoms with Gasteiger partial charge < -0.3 is 9.13 Å². The first-order valence-corrected chi connectivity index (χ1v) is 15.4. The molecule has 44 heavy (non-hydrogen) atoms. The molecule has 0 atom stereocenters. The van der Waals surface area contributed by atoms with Crippen molar-refractivity contribution in [3.05, 3.63) is 158 Å². The van der Waals surface area contributed by atoms with Crippen molar-refractivity contribution in [2.24, 2.45) is 0 Å². The Bertz CT molecular complexity index is 2430. The lowest BCUT2D eigenvalue weighted by molar-refractivity contribution is 1.18. The van der Waals surface area contributed by atoms with Crippen LogP contribution in [0.15, 0.2) is 158 Å². The molecule has 7 aromatic carbocycles. The minimum atomic E-state index is 1.17. The highest BCUT2D eigenvalue weighted by atomic mass is 15.0. The summed E-state index contributed by atoms with van der Waals surface area (Å²) in [4.78, 5) is 0. The highest BCUT2D eigenvalue weighted by molar-refractivity contribution is 6.18. The van der Waals surface area contributed by atoms with Gasteiger partial charge in [0.05, 0.1) is 22.1 Å².